The predicted molar refractivity (Wildman–Crippen MR) is 63.2 cm³/mol. The van der Waals surface area contributed by atoms with Crippen molar-refractivity contribution in [1.29, 1.82) is 5.41 Å². The van der Waals surface area contributed by atoms with Crippen LogP contribution in [0.2, 0.25) is 0 Å². The van der Waals surface area contributed by atoms with E-state index in [1.165, 1.54) is 13.0 Å². The molecular weight excluding hydrogens is 188 g/mol. The van der Waals surface area contributed by atoms with Gasteiger partial charge in [0.2, 0.25) is 0 Å². The number of nitrogens with two attached hydrogens (primary N) is 1. The molecule has 0 atom stereocenters. The molecule has 80 valence electrons. The second kappa shape index (κ2) is 5.80. The van der Waals surface area contributed by atoms with Gasteiger partial charge in [0.25, 0.3) is 0 Å². The quantitative estimate of drug-likeness (QED) is 0.514. The first-order valence-electron chi connectivity index (χ1n) is 6.51. The number of aliphatic imine (C=N–C) groups is 1. The third kappa shape index (κ3) is 4.81. The molecule has 0 radical (unpaired) electrons. The summed E-state index contributed by atoms with van der Waals surface area (Å²) in [6.07, 6.45) is 0.295. The van der Waals surface area contributed by atoms with Crippen LogP contribution in [0.1, 0.15) is 18.0 Å². The molecule has 4 nitrogen and oxygen atoms in total. The lowest BCUT2D eigenvalue weighted by Crippen LogP contribution is -2.35. The molecule has 1 aromatic rings. The second-order valence-electron chi connectivity index (χ2n) is 2.93. The lowest BCUT2D eigenvalue weighted by Gasteiger charge is -2.02. The number of amidine groups is 1. The van der Waals surface area contributed by atoms with Gasteiger partial charge in [0.05, 0.1) is 11.3 Å². The summed E-state index contributed by atoms with van der Waals surface area (Å²) in [6, 6.07) is 0.903. The highest BCUT2D eigenvalue weighted by Gasteiger charge is 1.92. The number of benzene rings is 1. The van der Waals surface area contributed by atoms with Gasteiger partial charge in [-0.1, -0.05) is 30.2 Å². The van der Waals surface area contributed by atoms with E-state index in [9.17, 15) is 0 Å². The van der Waals surface area contributed by atoms with Crippen LogP contribution in [0.4, 0.5) is 0 Å². The van der Waals surface area contributed by atoms with E-state index in [-0.39, 0.29) is 42.5 Å². The number of nitrogens with one attached hydrogen (secondary N) is 2. The van der Waals surface area contributed by atoms with Crippen molar-refractivity contribution in [3.8, 4) is 0 Å². The second-order valence-corrected chi connectivity index (χ2v) is 2.93. The first-order chi connectivity index (χ1) is 8.82. The summed E-state index contributed by atoms with van der Waals surface area (Å²) in [5.41, 5.74) is 5.88. The Morgan fingerprint density at radius 3 is 3.13 bits per heavy atom. The molecule has 0 unspecified atom stereocenters. The third-order valence-electron chi connectivity index (χ3n) is 1.56. The molecule has 0 heterocycles. The van der Waals surface area contributed by atoms with Crippen LogP contribution in [0.5, 0.6) is 0 Å². The maximum absolute atomic E-state index is 7.72. The summed E-state index contributed by atoms with van der Waals surface area (Å²) in [4.78, 5) is 3.96. The van der Waals surface area contributed by atoms with Crippen molar-refractivity contribution in [2.75, 3.05) is 6.54 Å². The topological polar surface area (TPSA) is 74.3 Å². The van der Waals surface area contributed by atoms with Crippen LogP contribution >= 0.6 is 0 Å². The van der Waals surface area contributed by atoms with Gasteiger partial charge in [-0.25, -0.2) is 0 Å². The lowest BCUT2D eigenvalue weighted by molar-refractivity contribution is 0.955. The zero-order valence-electron chi connectivity index (χ0n) is 12.5. The molecule has 1 rings (SSSR count). The number of guanidine groups is 1. The molecule has 4 N–H and O–H groups in total. The van der Waals surface area contributed by atoms with Crippen molar-refractivity contribution in [1.82, 2.24) is 5.32 Å². The number of nitrogens with zero attached hydrogens (tertiary/aromatic N) is 1. The molecule has 0 aliphatic carbocycles. The monoisotopic (exact) mass is 208 g/mol. The van der Waals surface area contributed by atoms with Crippen LogP contribution in [0.25, 0.3) is 0 Å². The molecule has 15 heavy (non-hydrogen) atoms. The SMILES string of the molecule is [2H]c1cc([2H])c(CCN=C(N)NC(C)=N)c([2H])c1[2H]. The Labute approximate surface area is 95.3 Å². The maximum atomic E-state index is 7.72. The van der Waals surface area contributed by atoms with Gasteiger partial charge < -0.3 is 11.1 Å². The molecular formula is C11H16N4. The van der Waals surface area contributed by atoms with Gasteiger partial charge in [-0.05, 0) is 18.9 Å². The highest BCUT2D eigenvalue weighted by atomic mass is 15.1. The Kier molecular flexibility index (Phi) is 2.55. The van der Waals surface area contributed by atoms with Crippen LogP contribution in [-0.4, -0.2) is 18.3 Å². The van der Waals surface area contributed by atoms with Crippen molar-refractivity contribution in [3.05, 3.63) is 35.8 Å². The highest BCUT2D eigenvalue weighted by Crippen LogP contribution is 1.98. The Morgan fingerprint density at radius 1 is 1.60 bits per heavy atom. The highest BCUT2D eigenvalue weighted by molar-refractivity contribution is 5.96. The fraction of sp³-hybridized carbons (Fsp3) is 0.273. The molecule has 4 heteroatoms. The van der Waals surface area contributed by atoms with Gasteiger partial charge in [-0.3, -0.25) is 10.4 Å². The number of hydrogen-bond acceptors (Lipinski definition) is 2. The zero-order valence-corrected chi connectivity index (χ0v) is 8.52. The Bertz CT molecular complexity index is 528. The molecule has 0 fully saturated rings. The van der Waals surface area contributed by atoms with Crippen molar-refractivity contribution < 1.29 is 5.48 Å². The summed E-state index contributed by atoms with van der Waals surface area (Å²) < 4.78 is 30.4. The molecule has 0 aliphatic rings. The number of rotatable bonds is 3. The van der Waals surface area contributed by atoms with Crippen molar-refractivity contribution in [3.63, 3.8) is 0 Å². The maximum Gasteiger partial charge on any atom is 0.194 e. The van der Waals surface area contributed by atoms with Gasteiger partial charge in [0.1, 0.15) is 0 Å². The van der Waals surface area contributed by atoms with E-state index in [4.69, 9.17) is 16.6 Å². The molecule has 0 amide bonds. The van der Waals surface area contributed by atoms with Crippen LogP contribution in [0.3, 0.4) is 0 Å². The van der Waals surface area contributed by atoms with Crippen LogP contribution in [-0.2, 0) is 6.42 Å². The standard InChI is InChI=1S/C11H16N4/c1-9(12)15-11(13)14-8-7-10-5-3-2-4-6-10/h2-6H,7-8H2,1H3,(H4,12,13,14,15)/i2D,3D,5D,6D. The van der Waals surface area contributed by atoms with E-state index < -0.39 is 0 Å². The predicted octanol–water partition coefficient (Wildman–Crippen LogP) is 1.13. The number of hydrogen-bond donors (Lipinski definition) is 3. The van der Waals surface area contributed by atoms with E-state index in [0.29, 0.717) is 12.0 Å². The largest absolute Gasteiger partial charge is 0.370 e. The average Bonchev–Trinajstić information content (AvgIpc) is 2.30. The first-order valence-corrected chi connectivity index (χ1v) is 4.51. The molecule has 0 spiro atoms. The summed E-state index contributed by atoms with van der Waals surface area (Å²) in [7, 11) is 0. The van der Waals surface area contributed by atoms with Crippen LogP contribution in [0.15, 0.2) is 35.2 Å². The minimum Gasteiger partial charge on any atom is -0.370 e. The van der Waals surface area contributed by atoms with Gasteiger partial charge in [-0.15, -0.1) is 0 Å². The molecule has 0 saturated carbocycles. The summed E-state index contributed by atoms with van der Waals surface area (Å²) >= 11 is 0. The Hall–Kier alpha value is -1.84. The zero-order chi connectivity index (χ0) is 14.6. The van der Waals surface area contributed by atoms with Gasteiger partial charge in [0.15, 0.2) is 5.96 Å². The van der Waals surface area contributed by atoms with E-state index in [2.05, 4.69) is 10.3 Å². The lowest BCUT2D eigenvalue weighted by atomic mass is 10.2. The fourth-order valence-electron chi connectivity index (χ4n) is 0.961. The van der Waals surface area contributed by atoms with Gasteiger partial charge >= 0.3 is 0 Å². The van der Waals surface area contributed by atoms with Crippen LogP contribution in [0, 0.1) is 5.41 Å². The summed E-state index contributed by atoms with van der Waals surface area (Å²) in [6.45, 7) is 1.78. The van der Waals surface area contributed by atoms with E-state index in [1.54, 1.807) is 0 Å². The van der Waals surface area contributed by atoms with Gasteiger partial charge in [0, 0.05) is 6.54 Å². The minimum atomic E-state index is -0.184. The van der Waals surface area contributed by atoms with Gasteiger partial charge in [-0.2, -0.15) is 0 Å². The summed E-state index contributed by atoms with van der Waals surface area (Å²) in [5.74, 6) is 0.282. The average molecular weight is 208 g/mol. The summed E-state index contributed by atoms with van der Waals surface area (Å²) in [5, 5.41) is 9.70. The van der Waals surface area contributed by atoms with E-state index in [1.807, 2.05) is 0 Å². The Balaban J connectivity index is 2.79. The molecule has 0 aliphatic heterocycles. The molecule has 0 bridgehead atoms. The first kappa shape index (κ1) is 6.61. The molecule has 0 saturated heterocycles. The smallest absolute Gasteiger partial charge is 0.194 e. The van der Waals surface area contributed by atoms with Crippen molar-refractivity contribution in [2.24, 2.45) is 10.7 Å². The normalized spacial score (nSPS) is 14.9. The molecule has 1 aromatic carbocycles. The third-order valence-corrected chi connectivity index (χ3v) is 1.56. The van der Waals surface area contributed by atoms with Crippen molar-refractivity contribution >= 4 is 11.8 Å². The Morgan fingerprint density at radius 2 is 2.40 bits per heavy atom. The van der Waals surface area contributed by atoms with Crippen molar-refractivity contribution in [2.45, 2.75) is 13.3 Å². The molecule has 0 aromatic heterocycles. The van der Waals surface area contributed by atoms with E-state index in [0.717, 1.165) is 0 Å². The van der Waals surface area contributed by atoms with E-state index >= 15 is 0 Å². The minimum absolute atomic E-state index is 0.0657. The van der Waals surface area contributed by atoms with Crippen LogP contribution < -0.4 is 11.1 Å². The fourth-order valence-corrected chi connectivity index (χ4v) is 0.961.